The number of nitrogens with zero attached hydrogens (tertiary/aromatic N) is 2. The maximum absolute atomic E-state index is 12.9. The minimum absolute atomic E-state index is 0.0591. The van der Waals surface area contributed by atoms with Crippen LogP contribution < -0.4 is 22.3 Å². The molecular formula is C23H24N4O4. The third-order valence-electron chi connectivity index (χ3n) is 4.99. The highest BCUT2D eigenvalue weighted by Gasteiger charge is 2.22. The normalized spacial score (nSPS) is 10.6. The highest BCUT2D eigenvalue weighted by Crippen LogP contribution is 2.12. The van der Waals surface area contributed by atoms with E-state index in [0.29, 0.717) is 11.3 Å². The SMILES string of the molecule is CCn1c(=O)c(C(=O)CNc2ccc(C(C)=O)cc2)c(N)n(Cc2ccccc2)c1=O. The number of Topliss-reactive ketones (excluding diaryl/α,β-unsaturated/α-hetero) is 2. The van der Waals surface area contributed by atoms with Crippen LogP contribution in [0.1, 0.15) is 40.1 Å². The van der Waals surface area contributed by atoms with E-state index >= 15 is 0 Å². The molecule has 0 radical (unpaired) electrons. The van der Waals surface area contributed by atoms with Crippen LogP contribution in [0.2, 0.25) is 0 Å². The van der Waals surface area contributed by atoms with Gasteiger partial charge in [-0.15, -0.1) is 0 Å². The number of carbonyl (C=O) groups excluding carboxylic acids is 2. The largest absolute Gasteiger partial charge is 0.384 e. The molecule has 8 heteroatoms. The number of ketones is 2. The van der Waals surface area contributed by atoms with Crippen molar-refractivity contribution in [1.82, 2.24) is 9.13 Å². The Morgan fingerprint density at radius 1 is 0.968 bits per heavy atom. The van der Waals surface area contributed by atoms with Crippen molar-refractivity contribution in [3.8, 4) is 0 Å². The van der Waals surface area contributed by atoms with Crippen LogP contribution in [0, 0.1) is 0 Å². The molecule has 0 atom stereocenters. The number of hydrogen-bond acceptors (Lipinski definition) is 6. The average molecular weight is 420 g/mol. The van der Waals surface area contributed by atoms with Gasteiger partial charge in [-0.1, -0.05) is 30.3 Å². The summed E-state index contributed by atoms with van der Waals surface area (Å²) in [6.45, 7) is 3.21. The Kier molecular flexibility index (Phi) is 6.49. The van der Waals surface area contributed by atoms with Gasteiger partial charge in [0.05, 0.1) is 13.1 Å². The van der Waals surface area contributed by atoms with Crippen molar-refractivity contribution in [2.24, 2.45) is 0 Å². The predicted octanol–water partition coefficient (Wildman–Crippen LogP) is 2.16. The fraction of sp³-hybridized carbons (Fsp3) is 0.217. The fourth-order valence-electron chi connectivity index (χ4n) is 3.27. The topological polar surface area (TPSA) is 116 Å². The number of nitrogens with two attached hydrogens (primary N) is 1. The molecule has 0 unspecified atom stereocenters. The van der Waals surface area contributed by atoms with Gasteiger partial charge in [0.15, 0.2) is 11.6 Å². The highest BCUT2D eigenvalue weighted by atomic mass is 16.2. The van der Waals surface area contributed by atoms with Gasteiger partial charge in [-0.2, -0.15) is 0 Å². The molecule has 0 amide bonds. The molecule has 0 saturated carbocycles. The van der Waals surface area contributed by atoms with Crippen molar-refractivity contribution >= 4 is 23.1 Å². The van der Waals surface area contributed by atoms with Crippen molar-refractivity contribution in [2.75, 3.05) is 17.6 Å². The number of carbonyl (C=O) groups is 2. The van der Waals surface area contributed by atoms with E-state index in [0.717, 1.165) is 10.1 Å². The zero-order valence-corrected chi connectivity index (χ0v) is 17.4. The molecule has 160 valence electrons. The number of hydrogen-bond donors (Lipinski definition) is 2. The summed E-state index contributed by atoms with van der Waals surface area (Å²) < 4.78 is 2.25. The van der Waals surface area contributed by atoms with Gasteiger partial charge in [0.2, 0.25) is 0 Å². The van der Waals surface area contributed by atoms with Crippen LogP contribution in [0.25, 0.3) is 0 Å². The van der Waals surface area contributed by atoms with Gasteiger partial charge < -0.3 is 11.1 Å². The van der Waals surface area contributed by atoms with Crippen molar-refractivity contribution in [3.05, 3.63) is 92.1 Å². The van der Waals surface area contributed by atoms with Gasteiger partial charge in [0.25, 0.3) is 5.56 Å². The Morgan fingerprint density at radius 2 is 1.61 bits per heavy atom. The first kappa shape index (κ1) is 21.8. The summed E-state index contributed by atoms with van der Waals surface area (Å²) in [6.07, 6.45) is 0. The Balaban J connectivity index is 1.92. The zero-order valence-electron chi connectivity index (χ0n) is 17.4. The van der Waals surface area contributed by atoms with Crippen LogP contribution in [-0.4, -0.2) is 27.2 Å². The van der Waals surface area contributed by atoms with Gasteiger partial charge in [-0.25, -0.2) is 4.79 Å². The lowest BCUT2D eigenvalue weighted by molar-refractivity contribution is 0.0998. The van der Waals surface area contributed by atoms with E-state index in [4.69, 9.17) is 5.73 Å². The van der Waals surface area contributed by atoms with Crippen LogP contribution in [0.15, 0.2) is 64.2 Å². The summed E-state index contributed by atoms with van der Waals surface area (Å²) in [5.41, 5.74) is 6.66. The molecule has 0 saturated heterocycles. The van der Waals surface area contributed by atoms with Crippen LogP contribution in [0.5, 0.6) is 0 Å². The van der Waals surface area contributed by atoms with Gasteiger partial charge >= 0.3 is 5.69 Å². The van der Waals surface area contributed by atoms with Crippen LogP contribution in [0.4, 0.5) is 11.5 Å². The first-order valence-electron chi connectivity index (χ1n) is 9.88. The van der Waals surface area contributed by atoms with Gasteiger partial charge in [-0.3, -0.25) is 23.5 Å². The molecule has 0 fully saturated rings. The van der Waals surface area contributed by atoms with Crippen molar-refractivity contribution in [2.45, 2.75) is 26.9 Å². The first-order chi connectivity index (χ1) is 14.8. The summed E-state index contributed by atoms with van der Waals surface area (Å²) in [7, 11) is 0. The van der Waals surface area contributed by atoms with E-state index in [1.54, 1.807) is 31.2 Å². The van der Waals surface area contributed by atoms with Crippen molar-refractivity contribution in [3.63, 3.8) is 0 Å². The Labute approximate surface area is 178 Å². The number of nitrogens with one attached hydrogen (secondary N) is 1. The quantitative estimate of drug-likeness (QED) is 0.540. The lowest BCUT2D eigenvalue weighted by Gasteiger charge is -2.16. The number of aromatic nitrogens is 2. The lowest BCUT2D eigenvalue weighted by Crippen LogP contribution is -2.44. The second-order valence-corrected chi connectivity index (χ2v) is 7.07. The minimum Gasteiger partial charge on any atom is -0.384 e. The molecule has 0 bridgehead atoms. The maximum Gasteiger partial charge on any atom is 0.332 e. The summed E-state index contributed by atoms with van der Waals surface area (Å²) in [5.74, 6) is -0.736. The molecule has 3 N–H and O–H groups in total. The van der Waals surface area contributed by atoms with E-state index in [9.17, 15) is 19.2 Å². The number of nitrogen functional groups attached to an aromatic ring is 1. The molecule has 1 aromatic heterocycles. The van der Waals surface area contributed by atoms with Crippen LogP contribution >= 0.6 is 0 Å². The summed E-state index contributed by atoms with van der Waals surface area (Å²) in [4.78, 5) is 49.9. The monoisotopic (exact) mass is 420 g/mol. The first-order valence-corrected chi connectivity index (χ1v) is 9.88. The van der Waals surface area contributed by atoms with Crippen LogP contribution in [0.3, 0.4) is 0 Å². The molecule has 0 aliphatic rings. The van der Waals surface area contributed by atoms with E-state index in [-0.39, 0.29) is 36.8 Å². The van der Waals surface area contributed by atoms with Gasteiger partial charge in [0.1, 0.15) is 11.4 Å². The second kappa shape index (κ2) is 9.25. The molecule has 0 aliphatic heterocycles. The predicted molar refractivity (Wildman–Crippen MR) is 120 cm³/mol. The molecule has 3 aromatic rings. The van der Waals surface area contributed by atoms with E-state index in [2.05, 4.69) is 5.32 Å². The molecule has 1 heterocycles. The van der Waals surface area contributed by atoms with E-state index in [1.807, 2.05) is 30.3 Å². The van der Waals surface area contributed by atoms with Gasteiger partial charge in [0, 0.05) is 17.8 Å². The van der Waals surface area contributed by atoms with E-state index < -0.39 is 17.0 Å². The summed E-state index contributed by atoms with van der Waals surface area (Å²) in [5, 5.41) is 2.93. The van der Waals surface area contributed by atoms with Crippen LogP contribution in [-0.2, 0) is 13.1 Å². The standard InChI is InChI=1S/C23H24N4O4/c1-3-26-22(30)20(19(29)13-25-18-11-9-17(10-12-18)15(2)28)21(24)27(23(26)31)14-16-7-5-4-6-8-16/h4-12,25H,3,13-14,24H2,1-2H3. The number of rotatable bonds is 8. The zero-order chi connectivity index (χ0) is 22.5. The Bertz CT molecular complexity index is 1230. The molecular weight excluding hydrogens is 396 g/mol. The molecule has 2 aromatic carbocycles. The molecule has 0 aliphatic carbocycles. The second-order valence-electron chi connectivity index (χ2n) is 7.07. The van der Waals surface area contributed by atoms with Crippen molar-refractivity contribution < 1.29 is 9.59 Å². The smallest absolute Gasteiger partial charge is 0.332 e. The Morgan fingerprint density at radius 3 is 2.19 bits per heavy atom. The average Bonchev–Trinajstić information content (AvgIpc) is 2.76. The molecule has 3 rings (SSSR count). The highest BCUT2D eigenvalue weighted by molar-refractivity contribution is 6.02. The maximum atomic E-state index is 12.9. The fourth-order valence-corrected chi connectivity index (χ4v) is 3.27. The summed E-state index contributed by atoms with van der Waals surface area (Å²) in [6, 6.07) is 15.8. The molecule has 8 nitrogen and oxygen atoms in total. The third kappa shape index (κ3) is 4.63. The summed E-state index contributed by atoms with van der Waals surface area (Å²) >= 11 is 0. The van der Waals surface area contributed by atoms with E-state index in [1.165, 1.54) is 11.5 Å². The minimum atomic E-state index is -0.701. The number of anilines is 2. The van der Waals surface area contributed by atoms with Crippen molar-refractivity contribution in [1.29, 1.82) is 0 Å². The third-order valence-corrected chi connectivity index (χ3v) is 4.99. The Hall–Kier alpha value is -3.94. The molecule has 31 heavy (non-hydrogen) atoms. The van der Waals surface area contributed by atoms with Gasteiger partial charge in [-0.05, 0) is 43.7 Å². The number of benzene rings is 2. The lowest BCUT2D eigenvalue weighted by atomic mass is 10.1. The molecule has 0 spiro atoms.